The summed E-state index contributed by atoms with van der Waals surface area (Å²) < 4.78 is 25.9. The fraction of sp³-hybridized carbons (Fsp3) is 0.381. The van der Waals surface area contributed by atoms with Crippen molar-refractivity contribution in [3.63, 3.8) is 0 Å². The molecule has 6 heteroatoms. The molecule has 0 bridgehead atoms. The summed E-state index contributed by atoms with van der Waals surface area (Å²) in [6, 6.07) is 15.4. The number of fused-ring (bicyclic) bond motifs is 1. The van der Waals surface area contributed by atoms with E-state index in [4.69, 9.17) is 0 Å². The van der Waals surface area contributed by atoms with Gasteiger partial charge in [0.1, 0.15) is 6.54 Å². The average Bonchev–Trinajstić information content (AvgIpc) is 2.65. The van der Waals surface area contributed by atoms with E-state index >= 15 is 0 Å². The van der Waals surface area contributed by atoms with Crippen molar-refractivity contribution in [3.05, 3.63) is 65.2 Å². The molecule has 0 saturated heterocycles. The number of rotatable bonds is 6. The molecule has 0 aromatic heterocycles. The highest BCUT2D eigenvalue weighted by Crippen LogP contribution is 2.29. The van der Waals surface area contributed by atoms with Crippen molar-refractivity contribution in [1.29, 1.82) is 0 Å². The number of nitrogens with zero attached hydrogens (tertiary/aromatic N) is 1. The second-order valence-electron chi connectivity index (χ2n) is 6.96. The number of anilines is 1. The van der Waals surface area contributed by atoms with Crippen LogP contribution in [0, 0.1) is 0 Å². The maximum Gasteiger partial charge on any atom is 0.241 e. The Morgan fingerprint density at radius 1 is 1.15 bits per heavy atom. The lowest BCUT2D eigenvalue weighted by Gasteiger charge is -2.28. The molecule has 1 aliphatic carbocycles. The second-order valence-corrected chi connectivity index (χ2v) is 8.87. The molecule has 2 aromatic carbocycles. The molecule has 2 aromatic rings. The van der Waals surface area contributed by atoms with Crippen molar-refractivity contribution < 1.29 is 13.2 Å². The lowest BCUT2D eigenvalue weighted by Crippen LogP contribution is -2.42. The van der Waals surface area contributed by atoms with Crippen LogP contribution in [-0.2, 0) is 27.7 Å². The summed E-state index contributed by atoms with van der Waals surface area (Å²) in [6.45, 7) is 1.76. The SMILES string of the molecule is CCc1ccccc1N(CC(=O)N[C@@H]1CCCc2ccccc21)S(C)(=O)=O. The summed E-state index contributed by atoms with van der Waals surface area (Å²) in [6.07, 6.45) is 4.73. The van der Waals surface area contributed by atoms with Gasteiger partial charge in [-0.1, -0.05) is 49.4 Å². The van der Waals surface area contributed by atoms with Crippen molar-refractivity contribution >= 4 is 21.6 Å². The molecule has 27 heavy (non-hydrogen) atoms. The lowest BCUT2D eigenvalue weighted by molar-refractivity contribution is -0.120. The molecule has 0 radical (unpaired) electrons. The molecule has 144 valence electrons. The predicted octanol–water partition coefficient (Wildman–Crippen LogP) is 3.21. The first-order chi connectivity index (χ1) is 12.9. The highest BCUT2D eigenvalue weighted by atomic mass is 32.2. The number of carbonyl (C=O) groups is 1. The summed E-state index contributed by atoms with van der Waals surface area (Å²) in [7, 11) is -3.57. The first kappa shape index (κ1) is 19.4. The van der Waals surface area contributed by atoms with Crippen LogP contribution in [0.1, 0.15) is 42.5 Å². The number of para-hydroxylation sites is 1. The standard InChI is InChI=1S/C21H26N2O3S/c1-3-16-9-5-7-14-20(16)23(27(2,25)26)15-21(24)22-19-13-8-11-17-10-4-6-12-18(17)19/h4-7,9-10,12,14,19H,3,8,11,13,15H2,1-2H3,(H,22,24)/t19-/m1/s1. The normalized spacial score (nSPS) is 16.4. The number of benzene rings is 2. The number of nitrogens with one attached hydrogen (secondary N) is 1. The van der Waals surface area contributed by atoms with Crippen molar-refractivity contribution in [2.45, 2.75) is 38.6 Å². The van der Waals surface area contributed by atoms with Crippen LogP contribution in [-0.4, -0.2) is 27.1 Å². The van der Waals surface area contributed by atoms with Crippen LogP contribution in [0.15, 0.2) is 48.5 Å². The summed E-state index contributed by atoms with van der Waals surface area (Å²) in [5.74, 6) is -0.284. The molecular formula is C21H26N2O3S. The fourth-order valence-corrected chi connectivity index (χ4v) is 4.60. The third kappa shape index (κ3) is 4.50. The smallest absolute Gasteiger partial charge is 0.241 e. The van der Waals surface area contributed by atoms with Gasteiger partial charge < -0.3 is 5.32 Å². The Morgan fingerprint density at radius 3 is 2.59 bits per heavy atom. The van der Waals surface area contributed by atoms with Crippen molar-refractivity contribution in [2.24, 2.45) is 0 Å². The van der Waals surface area contributed by atoms with E-state index in [0.29, 0.717) is 12.1 Å². The van der Waals surface area contributed by atoms with Crippen LogP contribution in [0.5, 0.6) is 0 Å². The summed E-state index contributed by atoms with van der Waals surface area (Å²) in [4.78, 5) is 12.7. The van der Waals surface area contributed by atoms with E-state index in [1.807, 2.05) is 37.3 Å². The van der Waals surface area contributed by atoms with E-state index in [0.717, 1.165) is 36.6 Å². The van der Waals surface area contributed by atoms with Crippen LogP contribution < -0.4 is 9.62 Å². The van der Waals surface area contributed by atoms with Gasteiger partial charge in [0, 0.05) is 0 Å². The number of hydrogen-bond acceptors (Lipinski definition) is 3. The molecule has 0 unspecified atom stereocenters. The zero-order valence-electron chi connectivity index (χ0n) is 15.8. The van der Waals surface area contributed by atoms with Gasteiger partial charge in [-0.2, -0.15) is 0 Å². The van der Waals surface area contributed by atoms with E-state index in [1.54, 1.807) is 12.1 Å². The molecule has 3 rings (SSSR count). The average molecular weight is 387 g/mol. The Balaban J connectivity index is 1.81. The van der Waals surface area contributed by atoms with E-state index in [1.165, 1.54) is 9.87 Å². The third-order valence-corrected chi connectivity index (χ3v) is 6.16. The van der Waals surface area contributed by atoms with Gasteiger partial charge in [-0.05, 0) is 48.4 Å². The van der Waals surface area contributed by atoms with E-state index in [2.05, 4.69) is 11.4 Å². The minimum atomic E-state index is -3.57. The monoisotopic (exact) mass is 386 g/mol. The molecule has 0 fully saturated rings. The number of amides is 1. The number of hydrogen-bond donors (Lipinski definition) is 1. The molecule has 1 atom stereocenters. The van der Waals surface area contributed by atoms with Gasteiger partial charge >= 0.3 is 0 Å². The molecule has 5 nitrogen and oxygen atoms in total. The quantitative estimate of drug-likeness (QED) is 0.829. The Labute approximate surface area is 161 Å². The summed E-state index contributed by atoms with van der Waals surface area (Å²) in [5.41, 5.74) is 3.86. The van der Waals surface area contributed by atoms with Gasteiger partial charge in [0.05, 0.1) is 18.0 Å². The van der Waals surface area contributed by atoms with Gasteiger partial charge in [0.25, 0.3) is 0 Å². The molecular weight excluding hydrogens is 360 g/mol. The van der Waals surface area contributed by atoms with Crippen LogP contribution in [0.25, 0.3) is 0 Å². The van der Waals surface area contributed by atoms with E-state index in [-0.39, 0.29) is 18.5 Å². The van der Waals surface area contributed by atoms with Crippen molar-refractivity contribution in [3.8, 4) is 0 Å². The van der Waals surface area contributed by atoms with Crippen LogP contribution in [0.3, 0.4) is 0 Å². The largest absolute Gasteiger partial charge is 0.348 e. The number of carbonyl (C=O) groups excluding carboxylic acids is 1. The lowest BCUT2D eigenvalue weighted by atomic mass is 9.88. The predicted molar refractivity (Wildman–Crippen MR) is 108 cm³/mol. The Morgan fingerprint density at radius 2 is 1.85 bits per heavy atom. The first-order valence-electron chi connectivity index (χ1n) is 9.33. The Bertz CT molecular complexity index is 925. The minimum Gasteiger partial charge on any atom is -0.348 e. The maximum atomic E-state index is 12.7. The minimum absolute atomic E-state index is 0.0646. The van der Waals surface area contributed by atoms with Crippen molar-refractivity contribution in [2.75, 3.05) is 17.1 Å². The molecule has 0 saturated carbocycles. The second kappa shape index (κ2) is 8.13. The molecule has 0 heterocycles. The van der Waals surface area contributed by atoms with Gasteiger partial charge in [-0.15, -0.1) is 0 Å². The zero-order chi connectivity index (χ0) is 19.4. The molecule has 1 aliphatic rings. The Hall–Kier alpha value is -2.34. The highest BCUT2D eigenvalue weighted by Gasteiger charge is 2.26. The third-order valence-electron chi connectivity index (χ3n) is 5.03. The van der Waals surface area contributed by atoms with Gasteiger partial charge in [-0.3, -0.25) is 9.10 Å². The fourth-order valence-electron chi connectivity index (χ4n) is 3.71. The van der Waals surface area contributed by atoms with Crippen LogP contribution in [0.4, 0.5) is 5.69 Å². The van der Waals surface area contributed by atoms with Crippen LogP contribution >= 0.6 is 0 Å². The zero-order valence-corrected chi connectivity index (χ0v) is 16.6. The van der Waals surface area contributed by atoms with Crippen molar-refractivity contribution in [1.82, 2.24) is 5.32 Å². The topological polar surface area (TPSA) is 66.5 Å². The highest BCUT2D eigenvalue weighted by molar-refractivity contribution is 7.92. The first-order valence-corrected chi connectivity index (χ1v) is 11.2. The number of sulfonamides is 1. The molecule has 1 amide bonds. The summed E-state index contributed by atoms with van der Waals surface area (Å²) in [5, 5.41) is 3.04. The van der Waals surface area contributed by atoms with Gasteiger partial charge in [0.15, 0.2) is 0 Å². The molecule has 0 spiro atoms. The van der Waals surface area contributed by atoms with Gasteiger partial charge in [-0.25, -0.2) is 8.42 Å². The van der Waals surface area contributed by atoms with Crippen LogP contribution in [0.2, 0.25) is 0 Å². The van der Waals surface area contributed by atoms with E-state index < -0.39 is 10.0 Å². The summed E-state index contributed by atoms with van der Waals surface area (Å²) >= 11 is 0. The number of aryl methyl sites for hydroxylation is 2. The Kier molecular flexibility index (Phi) is 5.85. The van der Waals surface area contributed by atoms with Gasteiger partial charge in [0.2, 0.25) is 15.9 Å². The van der Waals surface area contributed by atoms with E-state index in [9.17, 15) is 13.2 Å². The molecule has 0 aliphatic heterocycles. The molecule has 1 N–H and O–H groups in total. The maximum absolute atomic E-state index is 12.7.